The van der Waals surface area contributed by atoms with E-state index in [1.54, 1.807) is 0 Å². The summed E-state index contributed by atoms with van der Waals surface area (Å²) in [6, 6.07) is -0.718. The summed E-state index contributed by atoms with van der Waals surface area (Å²) in [6.45, 7) is 4.12. The minimum Gasteiger partial charge on any atom is -0.394 e. The van der Waals surface area contributed by atoms with Crippen molar-refractivity contribution in [2.24, 2.45) is 0 Å². The van der Waals surface area contributed by atoms with Gasteiger partial charge < -0.3 is 20.6 Å². The number of rotatable bonds is 24. The van der Waals surface area contributed by atoms with Crippen molar-refractivity contribution >= 4 is 5.91 Å². The van der Waals surface area contributed by atoms with Crippen LogP contribution in [-0.2, 0) is 4.79 Å². The van der Waals surface area contributed by atoms with Crippen LogP contribution in [0.2, 0.25) is 0 Å². The van der Waals surface area contributed by atoms with Gasteiger partial charge in [0.05, 0.1) is 18.8 Å². The van der Waals surface area contributed by atoms with Crippen molar-refractivity contribution in [3.8, 4) is 0 Å². The van der Waals surface area contributed by atoms with Crippen LogP contribution in [-0.4, -0.2) is 46.1 Å². The molecule has 0 radical (unpaired) electrons. The summed E-state index contributed by atoms with van der Waals surface area (Å²) in [5, 5.41) is 32.6. The van der Waals surface area contributed by atoms with E-state index in [0.29, 0.717) is 19.3 Å². The van der Waals surface area contributed by atoms with Crippen molar-refractivity contribution < 1.29 is 20.1 Å². The second-order valence-corrected chi connectivity index (χ2v) is 9.60. The van der Waals surface area contributed by atoms with Crippen LogP contribution in [0.1, 0.15) is 136 Å². The Labute approximate surface area is 204 Å². The lowest BCUT2D eigenvalue weighted by Gasteiger charge is -2.23. The molecule has 0 rings (SSSR count). The fourth-order valence-corrected chi connectivity index (χ4v) is 4.07. The number of allylic oxidation sites excluding steroid dienone is 2. The quantitative estimate of drug-likeness (QED) is 0.100. The third kappa shape index (κ3) is 20.2. The molecule has 0 aromatic carbocycles. The molecule has 0 saturated heterocycles. The second kappa shape index (κ2) is 24.2. The number of aliphatic hydroxyl groups excluding tert-OH is 3. The topological polar surface area (TPSA) is 89.8 Å². The van der Waals surface area contributed by atoms with Gasteiger partial charge in [0.1, 0.15) is 6.10 Å². The summed E-state index contributed by atoms with van der Waals surface area (Å²) in [6.07, 6.45) is 23.4. The van der Waals surface area contributed by atoms with E-state index in [-0.39, 0.29) is 6.61 Å². The van der Waals surface area contributed by atoms with Crippen LogP contribution in [0.4, 0.5) is 0 Å². The molecule has 1 amide bonds. The van der Waals surface area contributed by atoms with Gasteiger partial charge in [-0.1, -0.05) is 116 Å². The molecule has 33 heavy (non-hydrogen) atoms. The summed E-state index contributed by atoms with van der Waals surface area (Å²) in [5.41, 5.74) is 0. The van der Waals surface area contributed by atoms with Crippen LogP contribution < -0.4 is 5.32 Å². The van der Waals surface area contributed by atoms with E-state index >= 15 is 0 Å². The first-order valence-electron chi connectivity index (χ1n) is 14.0. The van der Waals surface area contributed by atoms with E-state index in [2.05, 4.69) is 25.2 Å². The van der Waals surface area contributed by atoms with Crippen LogP contribution in [0.15, 0.2) is 12.2 Å². The van der Waals surface area contributed by atoms with E-state index in [1.165, 1.54) is 83.5 Å². The van der Waals surface area contributed by atoms with Crippen LogP contribution in [0.5, 0.6) is 0 Å². The van der Waals surface area contributed by atoms with Gasteiger partial charge in [0.15, 0.2) is 0 Å². The maximum atomic E-state index is 12.2. The van der Waals surface area contributed by atoms with Gasteiger partial charge >= 0.3 is 0 Å². The van der Waals surface area contributed by atoms with Gasteiger partial charge in [-0.2, -0.15) is 0 Å². The van der Waals surface area contributed by atoms with Crippen molar-refractivity contribution in [1.82, 2.24) is 5.32 Å². The highest BCUT2D eigenvalue weighted by molar-refractivity contribution is 5.80. The number of aliphatic hydroxyl groups is 3. The maximum absolute atomic E-state index is 12.2. The standard InChI is InChI=1S/C28H55NO4/c1-3-5-7-9-11-13-14-15-17-18-20-22-26(31)25(24-30)29-28(33)27(32)23-21-19-16-12-10-8-6-4-2/h16,19,25-27,30-32H,3-15,17-18,20-24H2,1-2H3,(H,29,33)/b19-16-. The molecule has 5 nitrogen and oxygen atoms in total. The van der Waals surface area contributed by atoms with E-state index in [9.17, 15) is 20.1 Å². The Morgan fingerprint density at radius 1 is 0.697 bits per heavy atom. The number of hydrogen-bond donors (Lipinski definition) is 4. The molecule has 3 unspecified atom stereocenters. The molecular formula is C28H55NO4. The van der Waals surface area contributed by atoms with Crippen molar-refractivity contribution in [1.29, 1.82) is 0 Å². The minimum atomic E-state index is -1.11. The van der Waals surface area contributed by atoms with Crippen LogP contribution >= 0.6 is 0 Å². The first-order chi connectivity index (χ1) is 16.1. The molecular weight excluding hydrogens is 414 g/mol. The average Bonchev–Trinajstić information content (AvgIpc) is 2.82. The first kappa shape index (κ1) is 32.1. The Bertz CT molecular complexity index is 455. The Morgan fingerprint density at radius 2 is 1.18 bits per heavy atom. The Morgan fingerprint density at radius 3 is 1.73 bits per heavy atom. The second-order valence-electron chi connectivity index (χ2n) is 9.60. The van der Waals surface area contributed by atoms with Gasteiger partial charge in [-0.25, -0.2) is 0 Å². The summed E-state index contributed by atoms with van der Waals surface area (Å²) in [5.74, 6) is -0.511. The smallest absolute Gasteiger partial charge is 0.249 e. The van der Waals surface area contributed by atoms with Gasteiger partial charge in [-0.15, -0.1) is 0 Å². The molecule has 4 N–H and O–H groups in total. The van der Waals surface area contributed by atoms with Crippen LogP contribution in [0, 0.1) is 0 Å². The highest BCUT2D eigenvalue weighted by Gasteiger charge is 2.23. The van der Waals surface area contributed by atoms with Crippen LogP contribution in [0.25, 0.3) is 0 Å². The molecule has 0 aliphatic rings. The van der Waals surface area contributed by atoms with Crippen molar-refractivity contribution in [2.45, 2.75) is 154 Å². The Balaban J connectivity index is 3.84. The van der Waals surface area contributed by atoms with Gasteiger partial charge in [-0.3, -0.25) is 4.79 Å². The van der Waals surface area contributed by atoms with Crippen molar-refractivity contribution in [3.05, 3.63) is 12.2 Å². The van der Waals surface area contributed by atoms with E-state index < -0.39 is 24.2 Å². The van der Waals surface area contributed by atoms with Gasteiger partial charge in [0.2, 0.25) is 5.91 Å². The predicted molar refractivity (Wildman–Crippen MR) is 139 cm³/mol. The Kier molecular flexibility index (Phi) is 23.6. The molecule has 0 aliphatic carbocycles. The van der Waals surface area contributed by atoms with Gasteiger partial charge in [-0.05, 0) is 32.1 Å². The lowest BCUT2D eigenvalue weighted by atomic mass is 10.0. The molecule has 0 aromatic heterocycles. The largest absolute Gasteiger partial charge is 0.394 e. The molecule has 0 heterocycles. The molecule has 0 fully saturated rings. The fourth-order valence-electron chi connectivity index (χ4n) is 4.07. The maximum Gasteiger partial charge on any atom is 0.249 e. The summed E-state index contributed by atoms with van der Waals surface area (Å²) < 4.78 is 0. The van der Waals surface area contributed by atoms with Crippen LogP contribution in [0.3, 0.4) is 0 Å². The number of amides is 1. The number of carbonyl (C=O) groups excluding carboxylic acids is 1. The zero-order valence-electron chi connectivity index (χ0n) is 21.8. The molecule has 3 atom stereocenters. The lowest BCUT2D eigenvalue weighted by Crippen LogP contribution is -2.49. The number of carbonyl (C=O) groups is 1. The number of hydrogen-bond acceptors (Lipinski definition) is 4. The van der Waals surface area contributed by atoms with E-state index in [4.69, 9.17) is 0 Å². The highest BCUT2D eigenvalue weighted by Crippen LogP contribution is 2.13. The normalized spacial score (nSPS) is 14.5. The molecule has 0 bridgehead atoms. The summed E-state index contributed by atoms with van der Waals surface area (Å²) in [7, 11) is 0. The van der Waals surface area contributed by atoms with E-state index in [1.807, 2.05) is 6.08 Å². The molecule has 196 valence electrons. The monoisotopic (exact) mass is 469 g/mol. The number of unbranched alkanes of at least 4 members (excludes halogenated alkanes) is 14. The third-order valence-electron chi connectivity index (χ3n) is 6.39. The van der Waals surface area contributed by atoms with E-state index in [0.717, 1.165) is 19.3 Å². The van der Waals surface area contributed by atoms with Crippen molar-refractivity contribution in [2.75, 3.05) is 6.61 Å². The fraction of sp³-hybridized carbons (Fsp3) is 0.893. The zero-order valence-corrected chi connectivity index (χ0v) is 21.8. The van der Waals surface area contributed by atoms with Gasteiger partial charge in [0.25, 0.3) is 0 Å². The Hall–Kier alpha value is -0.910. The predicted octanol–water partition coefficient (Wildman–Crippen LogP) is 6.19. The number of nitrogens with one attached hydrogen (secondary N) is 1. The van der Waals surface area contributed by atoms with Gasteiger partial charge in [0, 0.05) is 0 Å². The highest BCUT2D eigenvalue weighted by atomic mass is 16.3. The zero-order chi connectivity index (χ0) is 24.6. The molecule has 0 aromatic rings. The third-order valence-corrected chi connectivity index (χ3v) is 6.39. The SMILES string of the molecule is CCCCCC/C=C\CCC(O)C(=O)NC(CO)C(O)CCCCCCCCCCCCC. The minimum absolute atomic E-state index is 0.324. The average molecular weight is 470 g/mol. The molecule has 0 spiro atoms. The molecule has 0 saturated carbocycles. The molecule has 5 heteroatoms. The lowest BCUT2D eigenvalue weighted by molar-refractivity contribution is -0.131. The van der Waals surface area contributed by atoms with Crippen molar-refractivity contribution in [3.63, 3.8) is 0 Å². The molecule has 0 aliphatic heterocycles. The summed E-state index contributed by atoms with van der Waals surface area (Å²) >= 11 is 0. The first-order valence-corrected chi connectivity index (χ1v) is 14.0. The summed E-state index contributed by atoms with van der Waals surface area (Å²) in [4.78, 5) is 12.2.